The Hall–Kier alpha value is -0.950. The van der Waals surface area contributed by atoms with Crippen LogP contribution in [0.25, 0.3) is 0 Å². The highest BCUT2D eigenvalue weighted by atomic mass is 17.1. The first kappa shape index (κ1) is 16.1. The van der Waals surface area contributed by atoms with Gasteiger partial charge in [-0.3, -0.25) is 10.1 Å². The van der Waals surface area contributed by atoms with Crippen molar-refractivity contribution in [3.8, 4) is 0 Å². The zero-order chi connectivity index (χ0) is 13.4. The number of rotatable bonds is 8. The molecule has 0 spiro atoms. The van der Waals surface area contributed by atoms with Crippen LogP contribution in [0.2, 0.25) is 0 Å². The normalized spacial score (nSPS) is 16.1. The van der Waals surface area contributed by atoms with Crippen molar-refractivity contribution in [2.75, 3.05) is 6.61 Å². The van der Waals surface area contributed by atoms with Crippen molar-refractivity contribution in [2.24, 2.45) is 0 Å². The Morgan fingerprint density at radius 2 is 2.00 bits per heavy atom. The summed E-state index contributed by atoms with van der Waals surface area (Å²) in [5, 5.41) is 27.7. The largest absolute Gasteiger partial charge is 0.466 e. The van der Waals surface area contributed by atoms with Crippen LogP contribution in [0.15, 0.2) is 12.2 Å². The second-order valence-corrected chi connectivity index (χ2v) is 3.84. The van der Waals surface area contributed by atoms with E-state index in [1.165, 1.54) is 0 Å². The van der Waals surface area contributed by atoms with Crippen LogP contribution in [-0.2, 0) is 14.4 Å². The summed E-state index contributed by atoms with van der Waals surface area (Å²) < 4.78 is 4.65. The van der Waals surface area contributed by atoms with Gasteiger partial charge in [0, 0.05) is 6.42 Å². The molecule has 0 radical (unpaired) electrons. The summed E-state index contributed by atoms with van der Waals surface area (Å²) in [5.41, 5.74) is 0.420. The molecule has 0 aromatic rings. The Balaban J connectivity index is 4.14. The highest BCUT2D eigenvalue weighted by molar-refractivity contribution is 5.69. The number of carbonyl (C=O) groups is 1. The van der Waals surface area contributed by atoms with Crippen molar-refractivity contribution in [3.05, 3.63) is 12.2 Å². The summed E-state index contributed by atoms with van der Waals surface area (Å²) in [6, 6.07) is 0. The van der Waals surface area contributed by atoms with Crippen molar-refractivity contribution in [1.82, 2.24) is 0 Å². The fourth-order valence-electron chi connectivity index (χ4n) is 1.39. The third-order valence-electron chi connectivity index (χ3n) is 2.17. The van der Waals surface area contributed by atoms with E-state index in [2.05, 4.69) is 16.2 Å². The van der Waals surface area contributed by atoms with Crippen LogP contribution in [0, 0.1) is 0 Å². The average Bonchev–Trinajstić information content (AvgIpc) is 2.17. The van der Waals surface area contributed by atoms with Crippen molar-refractivity contribution in [1.29, 1.82) is 0 Å². The highest BCUT2D eigenvalue weighted by Crippen LogP contribution is 2.14. The van der Waals surface area contributed by atoms with Crippen LogP contribution in [-0.4, -0.2) is 46.4 Å². The Morgan fingerprint density at radius 3 is 2.41 bits per heavy atom. The molecule has 6 nitrogen and oxygen atoms in total. The van der Waals surface area contributed by atoms with E-state index >= 15 is 0 Å². The first-order valence-electron chi connectivity index (χ1n) is 5.39. The van der Waals surface area contributed by atoms with Gasteiger partial charge >= 0.3 is 5.97 Å². The van der Waals surface area contributed by atoms with Crippen LogP contribution < -0.4 is 0 Å². The predicted molar refractivity (Wildman–Crippen MR) is 60.2 cm³/mol. The van der Waals surface area contributed by atoms with Gasteiger partial charge in [0.15, 0.2) is 0 Å². The molecule has 6 heteroatoms. The molecule has 0 aliphatic rings. The third-order valence-corrected chi connectivity index (χ3v) is 2.17. The minimum atomic E-state index is -1.14. The Kier molecular flexibility index (Phi) is 7.73. The highest BCUT2D eigenvalue weighted by Gasteiger charge is 2.25. The third kappa shape index (κ3) is 6.38. The number of esters is 1. The van der Waals surface area contributed by atoms with Crippen molar-refractivity contribution in [2.45, 2.75) is 45.0 Å². The van der Waals surface area contributed by atoms with Gasteiger partial charge in [0.1, 0.15) is 6.10 Å². The van der Waals surface area contributed by atoms with E-state index in [-0.39, 0.29) is 19.4 Å². The lowest BCUT2D eigenvalue weighted by atomic mass is 10.0. The van der Waals surface area contributed by atoms with Crippen molar-refractivity contribution in [3.63, 3.8) is 0 Å². The van der Waals surface area contributed by atoms with E-state index in [4.69, 9.17) is 5.26 Å². The number of hydrogen-bond acceptors (Lipinski definition) is 6. The molecule has 3 atom stereocenters. The predicted octanol–water partition coefficient (Wildman–Crippen LogP) is 0.486. The number of hydrogen-bond donors (Lipinski definition) is 3. The zero-order valence-electron chi connectivity index (χ0n) is 10.1. The molecular weight excluding hydrogens is 228 g/mol. The standard InChI is InChI=1S/C11H20O6/c1-4-16-10(14)6-8(12)5-9(13)11(17-15)7(2)3/h8-9,11-13,15H,2,4-6H2,1,3H3/t8-,9-,11-/m0/s1. The fraction of sp³-hybridized carbons (Fsp3) is 0.727. The smallest absolute Gasteiger partial charge is 0.308 e. The lowest BCUT2D eigenvalue weighted by Gasteiger charge is -2.21. The zero-order valence-corrected chi connectivity index (χ0v) is 10.1. The molecule has 17 heavy (non-hydrogen) atoms. The topological polar surface area (TPSA) is 96.2 Å². The lowest BCUT2D eigenvalue weighted by molar-refractivity contribution is -0.287. The fourth-order valence-corrected chi connectivity index (χ4v) is 1.39. The SMILES string of the molecule is C=C(C)[C@H](OO)[C@@H](O)C[C@H](O)CC(=O)OCC. The molecular formula is C11H20O6. The second-order valence-electron chi connectivity index (χ2n) is 3.84. The van der Waals surface area contributed by atoms with E-state index in [0.717, 1.165) is 0 Å². The van der Waals surface area contributed by atoms with Gasteiger partial charge < -0.3 is 14.9 Å². The maximum atomic E-state index is 11.0. The maximum absolute atomic E-state index is 11.0. The monoisotopic (exact) mass is 248 g/mol. The minimum absolute atomic E-state index is 0.114. The van der Waals surface area contributed by atoms with Gasteiger partial charge in [0.25, 0.3) is 0 Å². The van der Waals surface area contributed by atoms with E-state index in [0.29, 0.717) is 5.57 Å². The van der Waals surface area contributed by atoms with E-state index < -0.39 is 24.3 Å². The molecule has 0 aliphatic heterocycles. The van der Waals surface area contributed by atoms with E-state index in [1.807, 2.05) is 0 Å². The number of aliphatic hydroxyl groups excluding tert-OH is 2. The molecule has 0 saturated carbocycles. The molecule has 0 fully saturated rings. The first-order chi connectivity index (χ1) is 7.92. The van der Waals surface area contributed by atoms with Crippen molar-refractivity contribution < 1.29 is 29.9 Å². The molecule has 0 saturated heterocycles. The lowest BCUT2D eigenvalue weighted by Crippen LogP contribution is -2.33. The Morgan fingerprint density at radius 1 is 1.41 bits per heavy atom. The minimum Gasteiger partial charge on any atom is -0.466 e. The summed E-state index contributed by atoms with van der Waals surface area (Å²) in [6.45, 7) is 7.00. The molecule has 0 aromatic heterocycles. The van der Waals surface area contributed by atoms with Crippen LogP contribution in [0.5, 0.6) is 0 Å². The summed E-state index contributed by atoms with van der Waals surface area (Å²) in [7, 11) is 0. The van der Waals surface area contributed by atoms with Gasteiger partial charge in [0.2, 0.25) is 0 Å². The Bertz CT molecular complexity index is 252. The first-order valence-corrected chi connectivity index (χ1v) is 5.39. The molecule has 0 bridgehead atoms. The van der Waals surface area contributed by atoms with E-state index in [1.54, 1.807) is 13.8 Å². The van der Waals surface area contributed by atoms with Crippen molar-refractivity contribution >= 4 is 5.97 Å². The molecule has 0 heterocycles. The van der Waals surface area contributed by atoms with Gasteiger partial charge in [-0.1, -0.05) is 6.58 Å². The maximum Gasteiger partial charge on any atom is 0.308 e. The summed E-state index contributed by atoms with van der Waals surface area (Å²) in [5.74, 6) is -0.538. The molecule has 0 aromatic carbocycles. The molecule has 0 unspecified atom stereocenters. The molecule has 3 N–H and O–H groups in total. The van der Waals surface area contributed by atoms with Gasteiger partial charge in [0.05, 0.1) is 25.2 Å². The Labute approximate surface area is 100 Å². The van der Waals surface area contributed by atoms with Gasteiger partial charge in [-0.2, -0.15) is 0 Å². The van der Waals surface area contributed by atoms with E-state index in [9.17, 15) is 15.0 Å². The summed E-state index contributed by atoms with van der Waals surface area (Å²) >= 11 is 0. The molecule has 100 valence electrons. The summed E-state index contributed by atoms with van der Waals surface area (Å²) in [6.07, 6.45) is -3.49. The van der Waals surface area contributed by atoms with Crippen LogP contribution >= 0.6 is 0 Å². The average molecular weight is 248 g/mol. The quantitative estimate of drug-likeness (QED) is 0.250. The van der Waals surface area contributed by atoms with Gasteiger partial charge in [-0.25, -0.2) is 4.89 Å². The molecule has 0 amide bonds. The number of carbonyl (C=O) groups excluding carboxylic acids is 1. The van der Waals surface area contributed by atoms with Gasteiger partial charge in [-0.05, 0) is 19.4 Å². The molecule has 0 rings (SSSR count). The second kappa shape index (κ2) is 8.19. The van der Waals surface area contributed by atoms with Crippen LogP contribution in [0.4, 0.5) is 0 Å². The molecule has 0 aliphatic carbocycles. The van der Waals surface area contributed by atoms with Crippen LogP contribution in [0.3, 0.4) is 0 Å². The van der Waals surface area contributed by atoms with Crippen LogP contribution in [0.1, 0.15) is 26.7 Å². The van der Waals surface area contributed by atoms with Gasteiger partial charge in [-0.15, -0.1) is 0 Å². The number of aliphatic hydroxyl groups is 2. The summed E-state index contributed by atoms with van der Waals surface area (Å²) in [4.78, 5) is 15.1. The number of ether oxygens (including phenoxy) is 1.